The van der Waals surface area contributed by atoms with Crippen molar-refractivity contribution in [1.29, 1.82) is 0 Å². The maximum absolute atomic E-state index is 5.36. The van der Waals surface area contributed by atoms with Gasteiger partial charge in [0.05, 0.1) is 12.2 Å². The molecule has 0 aromatic rings. The Hall–Kier alpha value is -0.300. The van der Waals surface area contributed by atoms with E-state index in [0.29, 0.717) is 12.2 Å². The van der Waals surface area contributed by atoms with Crippen LogP contribution in [0.4, 0.5) is 0 Å². The molecule has 0 unspecified atom stereocenters. The minimum Gasteiger partial charge on any atom is -0.370 e. The summed E-state index contributed by atoms with van der Waals surface area (Å²) >= 11 is 0. The Morgan fingerprint density at radius 1 is 1.33 bits per heavy atom. The largest absolute Gasteiger partial charge is 0.370 e. The van der Waals surface area contributed by atoms with Crippen LogP contribution in [0, 0.1) is 5.92 Å². The molecule has 50 valence electrons. The number of hydrogen-bond acceptors (Lipinski definition) is 1. The minimum absolute atomic E-state index is 0.613. The van der Waals surface area contributed by atoms with Gasteiger partial charge in [-0.1, -0.05) is 6.08 Å². The lowest BCUT2D eigenvalue weighted by Gasteiger charge is -2.12. The van der Waals surface area contributed by atoms with E-state index in [9.17, 15) is 0 Å². The van der Waals surface area contributed by atoms with Gasteiger partial charge in [-0.2, -0.15) is 0 Å². The molecule has 2 aliphatic rings. The van der Waals surface area contributed by atoms with Gasteiger partial charge in [-0.25, -0.2) is 0 Å². The van der Waals surface area contributed by atoms with Gasteiger partial charge in [0, 0.05) is 0 Å². The van der Waals surface area contributed by atoms with E-state index >= 15 is 0 Å². The van der Waals surface area contributed by atoms with Crippen LogP contribution in [-0.2, 0) is 4.74 Å². The smallest absolute Gasteiger partial charge is 0.0847 e. The van der Waals surface area contributed by atoms with Crippen molar-refractivity contribution in [3.63, 3.8) is 0 Å². The third-order valence-corrected chi connectivity index (χ3v) is 2.38. The molecule has 9 heavy (non-hydrogen) atoms. The molecule has 1 saturated carbocycles. The van der Waals surface area contributed by atoms with Crippen LogP contribution in [0.2, 0.25) is 0 Å². The van der Waals surface area contributed by atoms with Crippen LogP contribution in [0.15, 0.2) is 12.7 Å². The molecular formula is C8H12O. The average Bonchev–Trinajstić information content (AvgIpc) is 2.64. The molecule has 0 spiro atoms. The number of ether oxygens (including phenoxy) is 1. The van der Waals surface area contributed by atoms with Crippen LogP contribution < -0.4 is 0 Å². The van der Waals surface area contributed by atoms with Crippen molar-refractivity contribution < 1.29 is 4.74 Å². The second kappa shape index (κ2) is 1.84. The number of epoxide rings is 1. The van der Waals surface area contributed by atoms with Crippen molar-refractivity contribution in [1.82, 2.24) is 0 Å². The van der Waals surface area contributed by atoms with E-state index in [1.165, 1.54) is 19.3 Å². The van der Waals surface area contributed by atoms with Gasteiger partial charge in [-0.3, -0.25) is 0 Å². The number of hydrogen-bond donors (Lipinski definition) is 0. The lowest BCUT2D eigenvalue weighted by molar-refractivity contribution is 0.370. The summed E-state index contributed by atoms with van der Waals surface area (Å²) in [6, 6.07) is 0. The molecule has 0 radical (unpaired) electrons. The summed E-state index contributed by atoms with van der Waals surface area (Å²) in [4.78, 5) is 0. The zero-order valence-electron chi connectivity index (χ0n) is 5.55. The first-order chi connectivity index (χ1) is 4.40. The lowest BCUT2D eigenvalue weighted by Crippen LogP contribution is -2.10. The Kier molecular flexibility index (Phi) is 1.12. The van der Waals surface area contributed by atoms with Crippen LogP contribution in [-0.4, -0.2) is 12.2 Å². The van der Waals surface area contributed by atoms with Gasteiger partial charge in [0.2, 0.25) is 0 Å². The Labute approximate surface area is 55.7 Å². The monoisotopic (exact) mass is 124 g/mol. The van der Waals surface area contributed by atoms with Crippen molar-refractivity contribution in [3.05, 3.63) is 12.7 Å². The maximum Gasteiger partial charge on any atom is 0.0847 e. The summed E-state index contributed by atoms with van der Waals surface area (Å²) in [5.74, 6) is 0.744. The minimum atomic E-state index is 0.613. The topological polar surface area (TPSA) is 12.5 Å². The standard InChI is InChI=1S/C8H12O/c1-2-6-3-4-7-8(5-6)9-7/h2,6-8H,1,3-5H2/t6-,7-,8-/m1/s1. The van der Waals surface area contributed by atoms with Gasteiger partial charge in [-0.05, 0) is 25.2 Å². The molecule has 1 heteroatoms. The normalized spacial score (nSPS) is 47.8. The fourth-order valence-corrected chi connectivity index (χ4v) is 1.65. The predicted molar refractivity (Wildman–Crippen MR) is 36.2 cm³/mol. The lowest BCUT2D eigenvalue weighted by atomic mass is 9.90. The fourth-order valence-electron chi connectivity index (χ4n) is 1.65. The fraction of sp³-hybridized carbons (Fsp3) is 0.750. The molecule has 0 N–H and O–H groups in total. The van der Waals surface area contributed by atoms with Crippen molar-refractivity contribution in [2.45, 2.75) is 31.5 Å². The summed E-state index contributed by atoms with van der Waals surface area (Å²) in [5.41, 5.74) is 0. The summed E-state index contributed by atoms with van der Waals surface area (Å²) in [6.07, 6.45) is 7.11. The van der Waals surface area contributed by atoms with Crippen molar-refractivity contribution in [3.8, 4) is 0 Å². The SMILES string of the molecule is C=C[C@@H]1CC[C@H]2O[C@@H]2C1. The second-order valence-corrected chi connectivity index (χ2v) is 3.02. The molecule has 3 atom stereocenters. The molecule has 1 nitrogen and oxygen atoms in total. The van der Waals surface area contributed by atoms with E-state index in [1.807, 2.05) is 0 Å². The van der Waals surface area contributed by atoms with Crippen LogP contribution >= 0.6 is 0 Å². The molecule has 2 fully saturated rings. The van der Waals surface area contributed by atoms with E-state index in [-0.39, 0.29) is 0 Å². The van der Waals surface area contributed by atoms with Gasteiger partial charge in [0.25, 0.3) is 0 Å². The van der Waals surface area contributed by atoms with Crippen molar-refractivity contribution in [2.75, 3.05) is 0 Å². The third-order valence-electron chi connectivity index (χ3n) is 2.38. The Morgan fingerprint density at radius 2 is 2.22 bits per heavy atom. The molecule has 0 amide bonds. The second-order valence-electron chi connectivity index (χ2n) is 3.02. The zero-order valence-corrected chi connectivity index (χ0v) is 5.55. The summed E-state index contributed by atoms with van der Waals surface area (Å²) in [6.45, 7) is 3.78. The number of allylic oxidation sites excluding steroid dienone is 1. The van der Waals surface area contributed by atoms with Gasteiger partial charge in [0.1, 0.15) is 0 Å². The predicted octanol–water partition coefficient (Wildman–Crippen LogP) is 1.74. The van der Waals surface area contributed by atoms with E-state index in [2.05, 4.69) is 12.7 Å². The molecule has 1 aliphatic carbocycles. The highest BCUT2D eigenvalue weighted by Crippen LogP contribution is 2.39. The van der Waals surface area contributed by atoms with Gasteiger partial charge in [-0.15, -0.1) is 6.58 Å². The van der Waals surface area contributed by atoms with Crippen molar-refractivity contribution >= 4 is 0 Å². The van der Waals surface area contributed by atoms with E-state index < -0.39 is 0 Å². The van der Waals surface area contributed by atoms with Crippen LogP contribution in [0.25, 0.3) is 0 Å². The van der Waals surface area contributed by atoms with Crippen molar-refractivity contribution in [2.24, 2.45) is 5.92 Å². The Balaban J connectivity index is 1.93. The maximum atomic E-state index is 5.36. The molecule has 1 aliphatic heterocycles. The van der Waals surface area contributed by atoms with Gasteiger partial charge < -0.3 is 4.74 Å². The van der Waals surface area contributed by atoms with Crippen LogP contribution in [0.1, 0.15) is 19.3 Å². The first-order valence-corrected chi connectivity index (χ1v) is 3.68. The molecule has 1 heterocycles. The Morgan fingerprint density at radius 3 is 2.89 bits per heavy atom. The zero-order chi connectivity index (χ0) is 6.27. The summed E-state index contributed by atoms with van der Waals surface area (Å²) in [5, 5.41) is 0. The first-order valence-electron chi connectivity index (χ1n) is 3.68. The highest BCUT2D eigenvalue weighted by Gasteiger charge is 2.42. The van der Waals surface area contributed by atoms with Gasteiger partial charge >= 0.3 is 0 Å². The molecule has 1 saturated heterocycles. The number of rotatable bonds is 1. The van der Waals surface area contributed by atoms with Gasteiger partial charge in [0.15, 0.2) is 0 Å². The number of fused-ring (bicyclic) bond motifs is 1. The third kappa shape index (κ3) is 0.897. The van der Waals surface area contributed by atoms with E-state index in [0.717, 1.165) is 5.92 Å². The molecule has 0 aromatic carbocycles. The molecule has 0 bridgehead atoms. The molecule has 2 rings (SSSR count). The van der Waals surface area contributed by atoms with Crippen LogP contribution in [0.5, 0.6) is 0 Å². The molecule has 0 aromatic heterocycles. The van der Waals surface area contributed by atoms with E-state index in [1.54, 1.807) is 0 Å². The first kappa shape index (κ1) is 5.48. The average molecular weight is 124 g/mol. The molecular weight excluding hydrogens is 112 g/mol. The summed E-state index contributed by atoms with van der Waals surface area (Å²) < 4.78 is 5.36. The highest BCUT2D eigenvalue weighted by molar-refractivity contribution is 4.96. The quantitative estimate of drug-likeness (QED) is 0.383. The Bertz CT molecular complexity index is 131. The van der Waals surface area contributed by atoms with Crippen LogP contribution in [0.3, 0.4) is 0 Å². The summed E-state index contributed by atoms with van der Waals surface area (Å²) in [7, 11) is 0. The highest BCUT2D eigenvalue weighted by atomic mass is 16.6. The van der Waals surface area contributed by atoms with E-state index in [4.69, 9.17) is 4.74 Å².